The van der Waals surface area contributed by atoms with Crippen LogP contribution in [0, 0.1) is 0 Å². The molecule has 0 amide bonds. The molecule has 0 fully saturated rings. The standard InChI is InChI=1S/C19H33NO3/c1-4-5-6-7-10-16(2)20-13-18(21)15-23-14-17-11-8-9-12-19(17)22-3/h8-9,11-12,16,18,20-21H,4-7,10,13-15H2,1-3H3. The van der Waals surface area contributed by atoms with E-state index in [9.17, 15) is 5.11 Å². The van der Waals surface area contributed by atoms with Crippen molar-refractivity contribution in [3.05, 3.63) is 29.8 Å². The molecular formula is C19H33NO3. The average Bonchev–Trinajstić information content (AvgIpc) is 2.57. The Kier molecular flexibility index (Phi) is 10.7. The lowest BCUT2D eigenvalue weighted by molar-refractivity contribution is 0.0270. The quantitative estimate of drug-likeness (QED) is 0.545. The van der Waals surface area contributed by atoms with Crippen molar-refractivity contribution in [2.24, 2.45) is 0 Å². The highest BCUT2D eigenvalue weighted by atomic mass is 16.5. The molecule has 0 aliphatic carbocycles. The van der Waals surface area contributed by atoms with Crippen LogP contribution in [0.3, 0.4) is 0 Å². The van der Waals surface area contributed by atoms with Crippen LogP contribution in [-0.4, -0.2) is 37.5 Å². The number of benzene rings is 1. The molecule has 0 heterocycles. The van der Waals surface area contributed by atoms with Crippen LogP contribution < -0.4 is 10.1 Å². The lowest BCUT2D eigenvalue weighted by atomic mass is 10.1. The largest absolute Gasteiger partial charge is 0.496 e. The van der Waals surface area contributed by atoms with Crippen LogP contribution in [0.4, 0.5) is 0 Å². The third-order valence-corrected chi connectivity index (χ3v) is 3.95. The van der Waals surface area contributed by atoms with Gasteiger partial charge in [0, 0.05) is 18.2 Å². The SMILES string of the molecule is CCCCCCC(C)NCC(O)COCc1ccccc1OC. The molecule has 1 rings (SSSR count). The van der Waals surface area contributed by atoms with Gasteiger partial charge in [0.1, 0.15) is 5.75 Å². The molecule has 0 aliphatic rings. The molecule has 0 spiro atoms. The zero-order valence-electron chi connectivity index (χ0n) is 14.9. The molecule has 0 saturated heterocycles. The van der Waals surface area contributed by atoms with Crippen molar-refractivity contribution >= 4 is 0 Å². The third-order valence-electron chi connectivity index (χ3n) is 3.95. The molecule has 0 saturated carbocycles. The Morgan fingerprint density at radius 1 is 1.17 bits per heavy atom. The van der Waals surface area contributed by atoms with Crippen molar-refractivity contribution in [2.45, 2.75) is 64.7 Å². The van der Waals surface area contributed by atoms with E-state index in [1.165, 1.54) is 25.7 Å². The zero-order valence-corrected chi connectivity index (χ0v) is 14.9. The summed E-state index contributed by atoms with van der Waals surface area (Å²) in [5, 5.41) is 13.4. The number of rotatable bonds is 13. The summed E-state index contributed by atoms with van der Waals surface area (Å²) in [4.78, 5) is 0. The minimum atomic E-state index is -0.484. The predicted octanol–water partition coefficient (Wildman–Crippen LogP) is 3.52. The number of aliphatic hydroxyl groups excluding tert-OH is 1. The van der Waals surface area contributed by atoms with Gasteiger partial charge in [-0.25, -0.2) is 0 Å². The van der Waals surface area contributed by atoms with Gasteiger partial charge in [-0.15, -0.1) is 0 Å². The summed E-state index contributed by atoms with van der Waals surface area (Å²) in [5.41, 5.74) is 0.999. The molecule has 23 heavy (non-hydrogen) atoms. The number of para-hydroxylation sites is 1. The predicted molar refractivity (Wildman–Crippen MR) is 94.9 cm³/mol. The highest BCUT2D eigenvalue weighted by molar-refractivity contribution is 5.32. The molecule has 2 atom stereocenters. The Balaban J connectivity index is 2.13. The third kappa shape index (κ3) is 8.94. The highest BCUT2D eigenvalue weighted by Gasteiger charge is 2.08. The Morgan fingerprint density at radius 2 is 1.96 bits per heavy atom. The van der Waals surface area contributed by atoms with Gasteiger partial charge in [-0.1, -0.05) is 50.8 Å². The first-order valence-corrected chi connectivity index (χ1v) is 8.78. The number of hydrogen-bond donors (Lipinski definition) is 2. The maximum atomic E-state index is 9.99. The molecular weight excluding hydrogens is 290 g/mol. The van der Waals surface area contributed by atoms with Crippen molar-refractivity contribution in [3.63, 3.8) is 0 Å². The first kappa shape index (κ1) is 19.9. The maximum absolute atomic E-state index is 9.99. The molecule has 4 heteroatoms. The monoisotopic (exact) mass is 323 g/mol. The van der Waals surface area contributed by atoms with Gasteiger partial charge >= 0.3 is 0 Å². The molecule has 1 aromatic carbocycles. The molecule has 132 valence electrons. The van der Waals surface area contributed by atoms with E-state index in [0.29, 0.717) is 25.8 Å². The van der Waals surface area contributed by atoms with E-state index < -0.39 is 6.10 Å². The summed E-state index contributed by atoms with van der Waals surface area (Å²) in [6, 6.07) is 8.22. The van der Waals surface area contributed by atoms with E-state index in [2.05, 4.69) is 19.2 Å². The summed E-state index contributed by atoms with van der Waals surface area (Å²) in [6.07, 6.45) is 5.81. The second-order valence-electron chi connectivity index (χ2n) is 6.14. The van der Waals surface area contributed by atoms with Gasteiger partial charge in [0.15, 0.2) is 0 Å². The van der Waals surface area contributed by atoms with Crippen LogP contribution in [0.5, 0.6) is 5.75 Å². The van der Waals surface area contributed by atoms with Crippen LogP contribution in [0.2, 0.25) is 0 Å². The van der Waals surface area contributed by atoms with Gasteiger partial charge in [0.2, 0.25) is 0 Å². The van der Waals surface area contributed by atoms with Crippen molar-refractivity contribution < 1.29 is 14.6 Å². The fraction of sp³-hybridized carbons (Fsp3) is 0.684. The second kappa shape index (κ2) is 12.3. The fourth-order valence-corrected chi connectivity index (χ4v) is 2.50. The van der Waals surface area contributed by atoms with Crippen LogP contribution in [0.1, 0.15) is 51.5 Å². The number of hydrogen-bond acceptors (Lipinski definition) is 4. The molecule has 0 radical (unpaired) electrons. The lowest BCUT2D eigenvalue weighted by Crippen LogP contribution is -2.35. The van der Waals surface area contributed by atoms with Crippen molar-refractivity contribution in [3.8, 4) is 5.75 Å². The lowest BCUT2D eigenvalue weighted by Gasteiger charge is -2.17. The molecule has 1 aromatic rings. The highest BCUT2D eigenvalue weighted by Crippen LogP contribution is 2.17. The number of ether oxygens (including phenoxy) is 2. The van der Waals surface area contributed by atoms with Gasteiger partial charge < -0.3 is 19.9 Å². The molecule has 4 nitrogen and oxygen atoms in total. The summed E-state index contributed by atoms with van der Waals surface area (Å²) in [6.45, 7) is 5.75. The maximum Gasteiger partial charge on any atom is 0.124 e. The molecule has 2 N–H and O–H groups in total. The fourth-order valence-electron chi connectivity index (χ4n) is 2.50. The van der Waals surface area contributed by atoms with E-state index in [4.69, 9.17) is 9.47 Å². The van der Waals surface area contributed by atoms with Gasteiger partial charge in [0.05, 0.1) is 26.4 Å². The summed E-state index contributed by atoms with van der Waals surface area (Å²) >= 11 is 0. The van der Waals surface area contributed by atoms with Crippen LogP contribution >= 0.6 is 0 Å². The van der Waals surface area contributed by atoms with E-state index in [-0.39, 0.29) is 0 Å². The topological polar surface area (TPSA) is 50.7 Å². The number of nitrogens with one attached hydrogen (secondary N) is 1. The number of methoxy groups -OCH3 is 1. The molecule has 0 aromatic heterocycles. The average molecular weight is 323 g/mol. The van der Waals surface area contributed by atoms with E-state index in [1.54, 1.807) is 7.11 Å². The summed E-state index contributed by atoms with van der Waals surface area (Å²) in [5.74, 6) is 0.820. The Hall–Kier alpha value is -1.10. The minimum absolute atomic E-state index is 0.327. The van der Waals surface area contributed by atoms with Crippen molar-refractivity contribution in [2.75, 3.05) is 20.3 Å². The molecule has 0 bridgehead atoms. The van der Waals surface area contributed by atoms with Crippen LogP contribution in [0.25, 0.3) is 0 Å². The van der Waals surface area contributed by atoms with Gasteiger partial charge in [-0.05, 0) is 19.4 Å². The van der Waals surface area contributed by atoms with Crippen LogP contribution in [-0.2, 0) is 11.3 Å². The molecule has 0 aliphatic heterocycles. The zero-order chi connectivity index (χ0) is 16.9. The first-order valence-electron chi connectivity index (χ1n) is 8.78. The smallest absolute Gasteiger partial charge is 0.124 e. The van der Waals surface area contributed by atoms with Crippen molar-refractivity contribution in [1.29, 1.82) is 0 Å². The summed E-state index contributed by atoms with van der Waals surface area (Å²) < 4.78 is 10.9. The Morgan fingerprint density at radius 3 is 2.70 bits per heavy atom. The van der Waals surface area contributed by atoms with E-state index >= 15 is 0 Å². The van der Waals surface area contributed by atoms with Crippen LogP contribution in [0.15, 0.2) is 24.3 Å². The van der Waals surface area contributed by atoms with Gasteiger partial charge in [-0.3, -0.25) is 0 Å². The van der Waals surface area contributed by atoms with Gasteiger partial charge in [0.25, 0.3) is 0 Å². The summed E-state index contributed by atoms with van der Waals surface area (Å²) in [7, 11) is 1.65. The minimum Gasteiger partial charge on any atom is -0.496 e. The Labute approximate surface area is 141 Å². The molecule has 2 unspecified atom stereocenters. The van der Waals surface area contributed by atoms with E-state index in [0.717, 1.165) is 17.7 Å². The van der Waals surface area contributed by atoms with Gasteiger partial charge in [-0.2, -0.15) is 0 Å². The normalized spacial score (nSPS) is 13.7. The first-order chi connectivity index (χ1) is 11.2. The number of unbranched alkanes of at least 4 members (excludes halogenated alkanes) is 3. The Bertz CT molecular complexity index is 411. The van der Waals surface area contributed by atoms with E-state index in [1.807, 2.05) is 24.3 Å². The van der Waals surface area contributed by atoms with Crippen molar-refractivity contribution in [1.82, 2.24) is 5.32 Å². The second-order valence-corrected chi connectivity index (χ2v) is 6.14. The number of aliphatic hydroxyl groups is 1.